The van der Waals surface area contributed by atoms with Crippen LogP contribution in [-0.4, -0.2) is 35.6 Å². The van der Waals surface area contributed by atoms with Crippen LogP contribution in [0.2, 0.25) is 0 Å². The lowest BCUT2D eigenvalue weighted by Gasteiger charge is -2.32. The number of nitrogens with one attached hydrogen (secondary N) is 1. The normalized spacial score (nSPS) is 20.8. The SMILES string of the molecule is CC1=CC(Oc2cccc(C(F)(F)F)c2C2=CNC=NC2)=NN(C(N)Cl)C1N. The minimum Gasteiger partial charge on any atom is -0.437 e. The topological polar surface area (TPSA) is 101 Å². The van der Waals surface area contributed by atoms with E-state index in [-0.39, 0.29) is 23.8 Å². The number of alkyl halides is 4. The number of aliphatic imine (C=N–C) groups is 1. The molecule has 0 amide bonds. The van der Waals surface area contributed by atoms with Crippen molar-refractivity contribution in [3.8, 4) is 5.75 Å². The summed E-state index contributed by atoms with van der Waals surface area (Å²) in [5, 5.41) is 8.01. The van der Waals surface area contributed by atoms with E-state index in [1.54, 1.807) is 6.92 Å². The third-order valence-electron chi connectivity index (χ3n) is 4.12. The van der Waals surface area contributed by atoms with Crippen LogP contribution < -0.4 is 21.5 Å². The molecule has 0 aromatic heterocycles. The summed E-state index contributed by atoms with van der Waals surface area (Å²) < 4.78 is 46.5. The molecule has 1 aromatic rings. The predicted molar refractivity (Wildman–Crippen MR) is 101 cm³/mol. The minimum atomic E-state index is -4.58. The quantitative estimate of drug-likeness (QED) is 0.521. The monoisotopic (exact) mass is 414 g/mol. The molecule has 2 aliphatic rings. The first-order valence-corrected chi connectivity index (χ1v) is 8.64. The molecule has 2 unspecified atom stereocenters. The van der Waals surface area contributed by atoms with Crippen molar-refractivity contribution in [2.75, 3.05) is 6.54 Å². The zero-order valence-corrected chi connectivity index (χ0v) is 15.5. The second kappa shape index (κ2) is 7.82. The molecule has 11 heteroatoms. The average molecular weight is 415 g/mol. The van der Waals surface area contributed by atoms with Crippen molar-refractivity contribution in [1.82, 2.24) is 10.3 Å². The Morgan fingerprint density at radius 2 is 2.14 bits per heavy atom. The van der Waals surface area contributed by atoms with Gasteiger partial charge in [-0.1, -0.05) is 17.7 Å². The Kier molecular flexibility index (Phi) is 5.64. The van der Waals surface area contributed by atoms with Gasteiger partial charge >= 0.3 is 6.18 Å². The van der Waals surface area contributed by atoms with E-state index in [1.165, 1.54) is 35.8 Å². The number of nitrogens with two attached hydrogens (primary N) is 2. The highest BCUT2D eigenvalue weighted by Crippen LogP contribution is 2.40. The van der Waals surface area contributed by atoms with Gasteiger partial charge in [0.1, 0.15) is 11.9 Å². The minimum absolute atomic E-state index is 0.0174. The van der Waals surface area contributed by atoms with Crippen molar-refractivity contribution in [1.29, 1.82) is 0 Å². The lowest BCUT2D eigenvalue weighted by Crippen LogP contribution is -2.49. The molecular weight excluding hydrogens is 397 g/mol. The number of rotatable bonds is 3. The van der Waals surface area contributed by atoms with Crippen LogP contribution in [0, 0.1) is 0 Å². The summed E-state index contributed by atoms with van der Waals surface area (Å²) in [5.74, 6) is -0.00918. The van der Waals surface area contributed by atoms with Crippen LogP contribution in [0.25, 0.3) is 5.57 Å². The van der Waals surface area contributed by atoms with Gasteiger partial charge in [-0.3, -0.25) is 10.7 Å². The van der Waals surface area contributed by atoms with E-state index < -0.39 is 23.5 Å². The van der Waals surface area contributed by atoms with Crippen LogP contribution in [0.4, 0.5) is 13.2 Å². The van der Waals surface area contributed by atoms with Crippen LogP contribution >= 0.6 is 11.6 Å². The summed E-state index contributed by atoms with van der Waals surface area (Å²) in [4.78, 5) is 3.98. The van der Waals surface area contributed by atoms with Crippen molar-refractivity contribution >= 4 is 29.4 Å². The summed E-state index contributed by atoms with van der Waals surface area (Å²) in [7, 11) is 0. The number of hydrazone groups is 1. The predicted octanol–water partition coefficient (Wildman–Crippen LogP) is 2.40. The zero-order valence-electron chi connectivity index (χ0n) is 14.7. The smallest absolute Gasteiger partial charge is 0.417 e. The molecule has 2 heterocycles. The number of ether oxygens (including phenoxy) is 1. The molecule has 2 aliphatic heterocycles. The van der Waals surface area contributed by atoms with Crippen molar-refractivity contribution < 1.29 is 17.9 Å². The summed E-state index contributed by atoms with van der Waals surface area (Å²) in [6.07, 6.45) is -0.871. The zero-order chi connectivity index (χ0) is 20.5. The summed E-state index contributed by atoms with van der Waals surface area (Å²) in [5.41, 5.74) is 10.6. The maximum atomic E-state index is 13.6. The Balaban J connectivity index is 2.05. The van der Waals surface area contributed by atoms with Gasteiger partial charge in [-0.25, -0.2) is 5.01 Å². The molecule has 150 valence electrons. The number of hydrogen-bond donors (Lipinski definition) is 3. The molecule has 5 N–H and O–H groups in total. The van der Waals surface area contributed by atoms with Gasteiger partial charge in [-0.05, 0) is 24.6 Å². The third kappa shape index (κ3) is 4.13. The Morgan fingerprint density at radius 1 is 1.39 bits per heavy atom. The lowest BCUT2D eigenvalue weighted by atomic mass is 9.98. The second-order valence-electron chi connectivity index (χ2n) is 6.11. The fourth-order valence-electron chi connectivity index (χ4n) is 2.78. The highest BCUT2D eigenvalue weighted by atomic mass is 35.5. The number of hydrogen-bond acceptors (Lipinski definition) is 7. The number of nitrogens with zero attached hydrogens (tertiary/aromatic N) is 3. The Morgan fingerprint density at radius 3 is 2.75 bits per heavy atom. The molecule has 0 bridgehead atoms. The molecule has 0 spiro atoms. The van der Waals surface area contributed by atoms with Gasteiger partial charge in [-0.15, -0.1) is 5.10 Å². The molecule has 7 nitrogen and oxygen atoms in total. The van der Waals surface area contributed by atoms with Gasteiger partial charge in [0.25, 0.3) is 0 Å². The molecule has 1 aromatic carbocycles. The highest BCUT2D eigenvalue weighted by molar-refractivity contribution is 6.20. The molecule has 0 aliphatic carbocycles. The summed E-state index contributed by atoms with van der Waals surface area (Å²) in [6, 6.07) is 3.68. The highest BCUT2D eigenvalue weighted by Gasteiger charge is 2.36. The maximum Gasteiger partial charge on any atom is 0.417 e. The van der Waals surface area contributed by atoms with Crippen LogP contribution in [0.1, 0.15) is 18.1 Å². The molecule has 0 fully saturated rings. The van der Waals surface area contributed by atoms with E-state index >= 15 is 0 Å². The van der Waals surface area contributed by atoms with Crippen LogP contribution in [0.15, 0.2) is 46.1 Å². The molecule has 0 saturated carbocycles. The van der Waals surface area contributed by atoms with Gasteiger partial charge in [0.2, 0.25) is 5.90 Å². The molecular formula is C17H18ClF3N6O. The first-order valence-electron chi connectivity index (χ1n) is 8.20. The van der Waals surface area contributed by atoms with Crippen molar-refractivity contribution in [3.05, 3.63) is 47.2 Å². The Hall–Kier alpha value is -2.56. The lowest BCUT2D eigenvalue weighted by molar-refractivity contribution is -0.137. The van der Waals surface area contributed by atoms with E-state index in [2.05, 4.69) is 15.4 Å². The Bertz CT molecular complexity index is 878. The van der Waals surface area contributed by atoms with Crippen LogP contribution in [0.3, 0.4) is 0 Å². The van der Waals surface area contributed by atoms with Gasteiger partial charge < -0.3 is 15.8 Å². The fourth-order valence-corrected chi connectivity index (χ4v) is 2.94. The average Bonchev–Trinajstić information content (AvgIpc) is 2.64. The van der Waals surface area contributed by atoms with Crippen molar-refractivity contribution in [3.63, 3.8) is 0 Å². The Labute approximate surface area is 164 Å². The van der Waals surface area contributed by atoms with Gasteiger partial charge in [-0.2, -0.15) is 13.2 Å². The van der Waals surface area contributed by atoms with Gasteiger partial charge in [0.05, 0.1) is 18.4 Å². The van der Waals surface area contributed by atoms with Crippen molar-refractivity contribution in [2.24, 2.45) is 21.6 Å². The van der Waals surface area contributed by atoms with E-state index in [4.69, 9.17) is 27.8 Å². The molecule has 0 saturated heterocycles. The summed E-state index contributed by atoms with van der Waals surface area (Å²) >= 11 is 5.87. The molecule has 3 rings (SSSR count). The van der Waals surface area contributed by atoms with Gasteiger partial charge in [0.15, 0.2) is 5.62 Å². The van der Waals surface area contributed by atoms with E-state index in [9.17, 15) is 13.2 Å². The number of benzene rings is 1. The second-order valence-corrected chi connectivity index (χ2v) is 6.56. The van der Waals surface area contributed by atoms with E-state index in [0.717, 1.165) is 6.07 Å². The number of halogens is 4. The molecule has 0 radical (unpaired) electrons. The molecule has 2 atom stereocenters. The van der Waals surface area contributed by atoms with Gasteiger partial charge in [0, 0.05) is 23.4 Å². The standard InChI is InChI=1S/C17H18ClF3N6O/c1-9-5-13(26-27(15(9)22)16(18)23)28-12-4-2-3-11(17(19,20)21)14(12)10-6-24-8-25-7-10/h2-6,8,15-16H,7,22-23H2,1H3,(H,24,25). The fraction of sp³-hybridized carbons (Fsp3) is 0.294. The van der Waals surface area contributed by atoms with Crippen molar-refractivity contribution in [2.45, 2.75) is 24.9 Å². The third-order valence-corrected chi connectivity index (χ3v) is 4.32. The first-order chi connectivity index (χ1) is 13.2. The summed E-state index contributed by atoms with van der Waals surface area (Å²) in [6.45, 7) is 1.78. The van der Waals surface area contributed by atoms with E-state index in [1.807, 2.05) is 0 Å². The molecule has 28 heavy (non-hydrogen) atoms. The van der Waals surface area contributed by atoms with E-state index in [0.29, 0.717) is 11.1 Å². The largest absolute Gasteiger partial charge is 0.437 e. The maximum absolute atomic E-state index is 13.6. The first kappa shape index (κ1) is 20.2. The van der Waals surface area contributed by atoms with Crippen LogP contribution in [0.5, 0.6) is 5.75 Å². The van der Waals surface area contributed by atoms with Crippen LogP contribution in [-0.2, 0) is 6.18 Å².